The Kier molecular flexibility index (Phi) is 8.20. The summed E-state index contributed by atoms with van der Waals surface area (Å²) in [5.41, 5.74) is 2.02. The molecule has 1 aliphatic heterocycles. The van der Waals surface area contributed by atoms with E-state index in [1.165, 1.54) is 6.20 Å². The molecule has 2 aliphatic rings. The molecule has 4 aromatic rings. The van der Waals surface area contributed by atoms with E-state index in [-0.39, 0.29) is 23.2 Å². The zero-order valence-electron chi connectivity index (χ0n) is 22.6. The van der Waals surface area contributed by atoms with Gasteiger partial charge in [-0.25, -0.2) is 13.8 Å². The van der Waals surface area contributed by atoms with E-state index >= 15 is 8.78 Å². The van der Waals surface area contributed by atoms with Gasteiger partial charge in [0.15, 0.2) is 11.6 Å². The zero-order valence-corrected chi connectivity index (χ0v) is 22.6. The fourth-order valence-electron chi connectivity index (χ4n) is 5.18. The normalized spacial score (nSPS) is 19.2. The molecule has 1 saturated carbocycles. The maximum absolute atomic E-state index is 15.2. The standard InChI is InChI=1S/C30H34F2N4O4/c1-36-25-6-7-33-18-24(25)28-26(36)14-23(29(31)30(28)32)19-4-5-27(35-15-19)40-21-12-20(13-21)38-10-2-8-37-9-3-11-39-22-16-34-17-22/h4-7,14-15,18,20-22,34H,2-3,8-13,16-17H2,1H3/t20-,21-. The Labute approximate surface area is 231 Å². The maximum Gasteiger partial charge on any atom is 0.213 e. The van der Waals surface area contributed by atoms with Crippen molar-refractivity contribution in [2.45, 2.75) is 44.0 Å². The highest BCUT2D eigenvalue weighted by molar-refractivity contribution is 6.09. The number of nitrogens with zero attached hydrogens (tertiary/aromatic N) is 3. The Morgan fingerprint density at radius 1 is 0.900 bits per heavy atom. The summed E-state index contributed by atoms with van der Waals surface area (Å²) in [6, 6.07) is 6.85. The van der Waals surface area contributed by atoms with E-state index in [2.05, 4.69) is 15.3 Å². The lowest BCUT2D eigenvalue weighted by molar-refractivity contribution is -0.0665. The van der Waals surface area contributed by atoms with Crippen molar-refractivity contribution in [3.05, 3.63) is 54.5 Å². The van der Waals surface area contributed by atoms with Gasteiger partial charge in [0.1, 0.15) is 6.10 Å². The van der Waals surface area contributed by atoms with Crippen LogP contribution in [0, 0.1) is 11.6 Å². The van der Waals surface area contributed by atoms with Crippen LogP contribution in [0.5, 0.6) is 5.88 Å². The molecular formula is C30H34F2N4O4. The SMILES string of the molecule is Cn1c2ccncc2c2c(F)c(F)c(-c3ccc(O[C@H]4C[C@H](OCCCOCCCOC5CNC5)C4)nc3)cc21. The number of hydrogen-bond acceptors (Lipinski definition) is 7. The van der Waals surface area contributed by atoms with Gasteiger partial charge in [0, 0.05) is 106 Å². The largest absolute Gasteiger partial charge is 0.474 e. The highest BCUT2D eigenvalue weighted by Crippen LogP contribution is 2.36. The third-order valence-electron chi connectivity index (χ3n) is 7.68. The fraction of sp³-hybridized carbons (Fsp3) is 0.467. The number of aryl methyl sites for hydroxylation is 1. The van der Waals surface area contributed by atoms with E-state index in [0.29, 0.717) is 48.3 Å². The molecule has 4 heterocycles. The van der Waals surface area contributed by atoms with Crippen LogP contribution in [0.2, 0.25) is 0 Å². The molecule has 0 unspecified atom stereocenters. The topological polar surface area (TPSA) is 79.7 Å². The van der Waals surface area contributed by atoms with Gasteiger partial charge in [-0.1, -0.05) is 0 Å². The van der Waals surface area contributed by atoms with Crippen LogP contribution in [0.1, 0.15) is 25.7 Å². The number of hydrogen-bond donors (Lipinski definition) is 1. The zero-order chi connectivity index (χ0) is 27.5. The monoisotopic (exact) mass is 552 g/mol. The summed E-state index contributed by atoms with van der Waals surface area (Å²) in [4.78, 5) is 8.43. The number of nitrogens with one attached hydrogen (secondary N) is 1. The summed E-state index contributed by atoms with van der Waals surface area (Å²) < 4.78 is 55.3. The van der Waals surface area contributed by atoms with E-state index in [9.17, 15) is 0 Å². The third kappa shape index (κ3) is 5.67. The summed E-state index contributed by atoms with van der Waals surface area (Å²) in [6.45, 7) is 4.72. The van der Waals surface area contributed by atoms with E-state index in [1.807, 2.05) is 11.6 Å². The Morgan fingerprint density at radius 3 is 2.38 bits per heavy atom. The van der Waals surface area contributed by atoms with Gasteiger partial charge >= 0.3 is 0 Å². The van der Waals surface area contributed by atoms with Crippen molar-refractivity contribution in [3.63, 3.8) is 0 Å². The second-order valence-corrected chi connectivity index (χ2v) is 10.5. The van der Waals surface area contributed by atoms with Crippen LogP contribution in [0.4, 0.5) is 8.78 Å². The third-order valence-corrected chi connectivity index (χ3v) is 7.68. The molecule has 1 aromatic carbocycles. The fourth-order valence-corrected chi connectivity index (χ4v) is 5.18. The second kappa shape index (κ2) is 12.1. The molecule has 0 atom stereocenters. The average molecular weight is 553 g/mol. The summed E-state index contributed by atoms with van der Waals surface area (Å²) in [5, 5.41) is 4.00. The Morgan fingerprint density at radius 2 is 1.68 bits per heavy atom. The van der Waals surface area contributed by atoms with Crippen molar-refractivity contribution < 1.29 is 27.7 Å². The molecule has 0 radical (unpaired) electrons. The van der Waals surface area contributed by atoms with Gasteiger partial charge in [-0.2, -0.15) is 0 Å². The molecule has 1 N–H and O–H groups in total. The summed E-state index contributed by atoms with van der Waals surface area (Å²) >= 11 is 0. The Bertz CT molecular complexity index is 1450. The first-order valence-corrected chi connectivity index (χ1v) is 13.9. The predicted molar refractivity (Wildman–Crippen MR) is 147 cm³/mol. The molecule has 0 bridgehead atoms. The van der Waals surface area contributed by atoms with E-state index in [4.69, 9.17) is 18.9 Å². The van der Waals surface area contributed by atoms with Crippen LogP contribution >= 0.6 is 0 Å². The second-order valence-electron chi connectivity index (χ2n) is 10.5. The van der Waals surface area contributed by atoms with Gasteiger partial charge in [0.25, 0.3) is 0 Å². The van der Waals surface area contributed by atoms with Crippen LogP contribution in [-0.2, 0) is 21.3 Å². The number of halogens is 2. The lowest BCUT2D eigenvalue weighted by Crippen LogP contribution is -2.48. The first kappa shape index (κ1) is 27.0. The molecule has 40 heavy (non-hydrogen) atoms. The number of fused-ring (bicyclic) bond motifs is 3. The molecule has 3 aromatic heterocycles. The quantitative estimate of drug-likeness (QED) is 0.239. The van der Waals surface area contributed by atoms with Gasteiger partial charge in [-0.05, 0) is 31.0 Å². The van der Waals surface area contributed by atoms with E-state index < -0.39 is 11.6 Å². The predicted octanol–water partition coefficient (Wildman–Crippen LogP) is 4.78. The first-order valence-electron chi connectivity index (χ1n) is 13.9. The molecule has 6 rings (SSSR count). The Hall–Kier alpha value is -3.18. The maximum atomic E-state index is 15.2. The van der Waals surface area contributed by atoms with Gasteiger partial charge in [-0.3, -0.25) is 4.98 Å². The molecular weight excluding hydrogens is 518 g/mol. The van der Waals surface area contributed by atoms with Crippen LogP contribution in [-0.4, -0.2) is 72.4 Å². The van der Waals surface area contributed by atoms with E-state index in [1.54, 1.807) is 36.7 Å². The van der Waals surface area contributed by atoms with Crippen LogP contribution in [0.15, 0.2) is 42.9 Å². The first-order chi connectivity index (χ1) is 19.6. The van der Waals surface area contributed by atoms with Crippen molar-refractivity contribution in [2.75, 3.05) is 39.5 Å². The van der Waals surface area contributed by atoms with Crippen molar-refractivity contribution in [1.29, 1.82) is 0 Å². The number of ether oxygens (including phenoxy) is 4. The van der Waals surface area contributed by atoms with Crippen LogP contribution < -0.4 is 10.1 Å². The van der Waals surface area contributed by atoms with Gasteiger partial charge in [-0.15, -0.1) is 0 Å². The van der Waals surface area contributed by atoms with E-state index in [0.717, 1.165) is 50.9 Å². The molecule has 2 fully saturated rings. The number of aromatic nitrogens is 3. The van der Waals surface area contributed by atoms with Gasteiger partial charge in [0.05, 0.1) is 23.2 Å². The van der Waals surface area contributed by atoms with Crippen LogP contribution in [0.25, 0.3) is 32.9 Å². The number of rotatable bonds is 13. The lowest BCUT2D eigenvalue weighted by Gasteiger charge is -2.34. The number of benzene rings is 1. The lowest BCUT2D eigenvalue weighted by atomic mass is 9.92. The van der Waals surface area contributed by atoms with Crippen molar-refractivity contribution in [2.24, 2.45) is 7.05 Å². The minimum absolute atomic E-state index is 0.0282. The minimum Gasteiger partial charge on any atom is -0.474 e. The van der Waals surface area contributed by atoms with Crippen molar-refractivity contribution in [1.82, 2.24) is 19.9 Å². The highest BCUT2D eigenvalue weighted by atomic mass is 19.2. The average Bonchev–Trinajstić information content (AvgIpc) is 3.21. The molecule has 8 nitrogen and oxygen atoms in total. The van der Waals surface area contributed by atoms with Crippen molar-refractivity contribution in [3.8, 4) is 17.0 Å². The molecule has 1 saturated heterocycles. The van der Waals surface area contributed by atoms with Gasteiger partial charge in [0.2, 0.25) is 5.88 Å². The summed E-state index contributed by atoms with van der Waals surface area (Å²) in [6.07, 6.45) is 8.67. The molecule has 10 heteroatoms. The molecule has 0 spiro atoms. The van der Waals surface area contributed by atoms with Crippen LogP contribution in [0.3, 0.4) is 0 Å². The highest BCUT2D eigenvalue weighted by Gasteiger charge is 2.32. The summed E-state index contributed by atoms with van der Waals surface area (Å²) in [7, 11) is 1.83. The smallest absolute Gasteiger partial charge is 0.213 e. The summed E-state index contributed by atoms with van der Waals surface area (Å²) in [5.74, 6) is -1.33. The molecule has 0 amide bonds. The van der Waals surface area contributed by atoms with Gasteiger partial charge < -0.3 is 28.8 Å². The van der Waals surface area contributed by atoms with Crippen molar-refractivity contribution >= 4 is 21.8 Å². The molecule has 1 aliphatic carbocycles. The minimum atomic E-state index is -0.903. The number of pyridine rings is 2. The Balaban J connectivity index is 0.946. The molecule has 212 valence electrons.